The molecule has 2 bridgehead atoms. The summed E-state index contributed by atoms with van der Waals surface area (Å²) in [5, 5.41) is 8.96. The van der Waals surface area contributed by atoms with E-state index in [1.165, 1.54) is 11.1 Å². The number of hydrogen-bond donors (Lipinski definition) is 0. The second-order valence-corrected chi connectivity index (χ2v) is 4.93. The first-order chi connectivity index (χ1) is 7.88. The molecule has 0 heterocycles. The van der Waals surface area contributed by atoms with Gasteiger partial charge in [-0.25, -0.2) is 0 Å². The van der Waals surface area contributed by atoms with Gasteiger partial charge in [0, 0.05) is 11.8 Å². The third kappa shape index (κ3) is 0.818. The van der Waals surface area contributed by atoms with Gasteiger partial charge in [-0.15, -0.1) is 0 Å². The van der Waals surface area contributed by atoms with Gasteiger partial charge in [-0.3, -0.25) is 0 Å². The van der Waals surface area contributed by atoms with Gasteiger partial charge in [0.1, 0.15) is 0 Å². The van der Waals surface area contributed by atoms with Crippen molar-refractivity contribution in [2.45, 2.75) is 11.8 Å². The van der Waals surface area contributed by atoms with Gasteiger partial charge in [-0.2, -0.15) is 5.26 Å². The molecule has 4 atom stereocenters. The first-order valence-electron chi connectivity index (χ1n) is 5.79. The van der Waals surface area contributed by atoms with Gasteiger partial charge < -0.3 is 0 Å². The van der Waals surface area contributed by atoms with Crippen molar-refractivity contribution in [2.75, 3.05) is 0 Å². The largest absolute Gasteiger partial charge is 0.192 e. The van der Waals surface area contributed by atoms with Crippen LogP contribution >= 0.6 is 0 Å². The summed E-state index contributed by atoms with van der Waals surface area (Å²) in [7, 11) is 0. The molecule has 4 aliphatic rings. The molecule has 0 spiro atoms. The molecule has 1 aromatic rings. The molecular formula is C15H11N. The quantitative estimate of drug-likeness (QED) is 0.597. The summed E-state index contributed by atoms with van der Waals surface area (Å²) in [6, 6.07) is 8.42. The Labute approximate surface area is 94.7 Å². The van der Waals surface area contributed by atoms with Gasteiger partial charge in [0.2, 0.25) is 0 Å². The molecule has 1 heteroatoms. The van der Waals surface area contributed by atoms with E-state index in [0.29, 0.717) is 17.8 Å². The maximum absolute atomic E-state index is 8.96. The van der Waals surface area contributed by atoms with Gasteiger partial charge >= 0.3 is 0 Å². The van der Waals surface area contributed by atoms with Crippen molar-refractivity contribution in [3.63, 3.8) is 0 Å². The molecule has 1 aromatic carbocycles. The molecule has 0 aromatic heterocycles. The number of rotatable bonds is 0. The van der Waals surface area contributed by atoms with Crippen molar-refractivity contribution in [3.05, 3.63) is 59.2 Å². The van der Waals surface area contributed by atoms with Gasteiger partial charge in [-0.05, 0) is 35.1 Å². The number of hydrogen-bond acceptors (Lipinski definition) is 1. The second kappa shape index (κ2) is 2.65. The average Bonchev–Trinajstić information content (AvgIpc) is 2.29. The summed E-state index contributed by atoms with van der Waals surface area (Å²) >= 11 is 0. The van der Waals surface area contributed by atoms with Crippen molar-refractivity contribution in [2.24, 2.45) is 11.8 Å². The zero-order valence-electron chi connectivity index (χ0n) is 8.80. The molecule has 0 saturated heterocycles. The highest BCUT2D eigenvalue weighted by molar-refractivity contribution is 5.53. The average molecular weight is 205 g/mol. The Hall–Kier alpha value is -1.81. The van der Waals surface area contributed by atoms with Crippen molar-refractivity contribution < 1.29 is 0 Å². The highest BCUT2D eigenvalue weighted by Crippen LogP contribution is 2.56. The van der Waals surface area contributed by atoms with Gasteiger partial charge in [0.15, 0.2) is 0 Å². The van der Waals surface area contributed by atoms with E-state index in [1.54, 1.807) is 0 Å². The molecular weight excluding hydrogens is 194 g/mol. The molecule has 0 unspecified atom stereocenters. The minimum absolute atomic E-state index is 0.517. The Bertz CT molecular complexity index is 574. The van der Waals surface area contributed by atoms with Crippen LogP contribution in [0.15, 0.2) is 42.5 Å². The van der Waals surface area contributed by atoms with Crippen LogP contribution in [0.1, 0.15) is 28.5 Å². The summed E-state index contributed by atoms with van der Waals surface area (Å²) in [4.78, 5) is 0. The fourth-order valence-electron chi connectivity index (χ4n) is 3.44. The maximum Gasteiger partial charge on any atom is 0.0991 e. The molecule has 76 valence electrons. The molecule has 1 nitrogen and oxygen atoms in total. The molecule has 0 saturated carbocycles. The normalized spacial score (nSPS) is 36.2. The number of benzene rings is 1. The molecule has 0 fully saturated rings. The Morgan fingerprint density at radius 2 is 1.56 bits per heavy atom. The Morgan fingerprint density at radius 1 is 0.875 bits per heavy atom. The van der Waals surface area contributed by atoms with Crippen LogP contribution in [-0.4, -0.2) is 0 Å². The lowest BCUT2D eigenvalue weighted by Crippen LogP contribution is -2.37. The van der Waals surface area contributed by atoms with E-state index in [-0.39, 0.29) is 0 Å². The maximum atomic E-state index is 8.96. The number of allylic oxidation sites excluding steroid dienone is 4. The minimum Gasteiger partial charge on any atom is -0.192 e. The van der Waals surface area contributed by atoms with Gasteiger partial charge in [0.05, 0.1) is 11.6 Å². The van der Waals surface area contributed by atoms with Crippen LogP contribution in [0.5, 0.6) is 0 Å². The van der Waals surface area contributed by atoms with Crippen molar-refractivity contribution in [3.8, 4) is 6.07 Å². The fraction of sp³-hybridized carbons (Fsp3) is 0.267. The van der Waals surface area contributed by atoms with E-state index in [9.17, 15) is 0 Å². The van der Waals surface area contributed by atoms with E-state index < -0.39 is 0 Å². The van der Waals surface area contributed by atoms with Crippen LogP contribution in [0, 0.1) is 23.2 Å². The monoisotopic (exact) mass is 205 g/mol. The molecule has 0 radical (unpaired) electrons. The summed E-state index contributed by atoms with van der Waals surface area (Å²) < 4.78 is 0. The minimum atomic E-state index is 0.517. The van der Waals surface area contributed by atoms with E-state index in [1.807, 2.05) is 6.07 Å². The highest BCUT2D eigenvalue weighted by atomic mass is 14.5. The molecule has 0 N–H and O–H groups in total. The van der Waals surface area contributed by atoms with Crippen molar-refractivity contribution in [1.29, 1.82) is 5.26 Å². The van der Waals surface area contributed by atoms with E-state index in [0.717, 1.165) is 11.5 Å². The molecule has 5 rings (SSSR count). The first-order valence-corrected chi connectivity index (χ1v) is 5.79. The van der Waals surface area contributed by atoms with E-state index in [4.69, 9.17) is 5.26 Å². The fourth-order valence-corrected chi connectivity index (χ4v) is 3.44. The molecule has 0 amide bonds. The molecule has 0 aliphatic heterocycles. The van der Waals surface area contributed by atoms with Crippen molar-refractivity contribution in [1.82, 2.24) is 0 Å². The van der Waals surface area contributed by atoms with Crippen molar-refractivity contribution >= 4 is 0 Å². The smallest absolute Gasteiger partial charge is 0.0991 e. The standard InChI is InChI=1S/C15H11N/c16-8-9-1-2-13-11-5-6-14(15(13)7-9)12-4-3-10(11)12/h1-7,10-12,14H/t10-,11+,12-,14+/m1/s1. The molecule has 16 heavy (non-hydrogen) atoms. The van der Waals surface area contributed by atoms with Crippen LogP contribution in [0.3, 0.4) is 0 Å². The van der Waals surface area contributed by atoms with E-state index in [2.05, 4.69) is 42.5 Å². The van der Waals surface area contributed by atoms with Crippen LogP contribution < -0.4 is 0 Å². The van der Waals surface area contributed by atoms with E-state index >= 15 is 0 Å². The van der Waals surface area contributed by atoms with Crippen LogP contribution in [0.4, 0.5) is 0 Å². The third-order valence-electron chi connectivity index (χ3n) is 4.29. The second-order valence-electron chi connectivity index (χ2n) is 4.93. The molecule has 4 aliphatic carbocycles. The van der Waals surface area contributed by atoms with Gasteiger partial charge in [0.25, 0.3) is 0 Å². The first kappa shape index (κ1) is 8.35. The lowest BCUT2D eigenvalue weighted by atomic mass is 9.55. The third-order valence-corrected chi connectivity index (χ3v) is 4.29. The Balaban J connectivity index is 1.95. The van der Waals surface area contributed by atoms with Crippen LogP contribution in [-0.2, 0) is 0 Å². The summed E-state index contributed by atoms with van der Waals surface area (Å²) in [5.74, 6) is 2.48. The zero-order valence-corrected chi connectivity index (χ0v) is 8.80. The Morgan fingerprint density at radius 3 is 2.19 bits per heavy atom. The SMILES string of the molecule is N#Cc1ccc2c(c1)[C@H]1C=C[C@H]2[C@H]2C=C[C@H]21. The number of nitrogens with zero attached hydrogens (tertiary/aromatic N) is 1. The van der Waals surface area contributed by atoms with Crippen LogP contribution in [0.2, 0.25) is 0 Å². The lowest BCUT2D eigenvalue weighted by Gasteiger charge is -2.48. The zero-order chi connectivity index (χ0) is 10.7. The predicted molar refractivity (Wildman–Crippen MR) is 61.9 cm³/mol. The summed E-state index contributed by atoms with van der Waals surface area (Å²) in [6.45, 7) is 0. The summed E-state index contributed by atoms with van der Waals surface area (Å²) in [5.41, 5.74) is 3.62. The predicted octanol–water partition coefficient (Wildman–Crippen LogP) is 3.11. The number of nitriles is 1. The Kier molecular flexibility index (Phi) is 1.38. The lowest BCUT2D eigenvalue weighted by molar-refractivity contribution is 0.317. The summed E-state index contributed by atoms with van der Waals surface area (Å²) in [6.07, 6.45) is 9.35. The van der Waals surface area contributed by atoms with Gasteiger partial charge in [-0.1, -0.05) is 30.4 Å². The topological polar surface area (TPSA) is 23.8 Å². The highest BCUT2D eigenvalue weighted by Gasteiger charge is 2.45. The van der Waals surface area contributed by atoms with Crippen LogP contribution in [0.25, 0.3) is 0 Å².